The van der Waals surface area contributed by atoms with E-state index in [1.165, 1.54) is 23.1 Å². The SMILES string of the molecule is O=C1c2ccc(O)cc2C(=O)N1CCCN1CCOCC1. The van der Waals surface area contributed by atoms with Crippen LogP contribution in [0.5, 0.6) is 5.75 Å². The topological polar surface area (TPSA) is 70.1 Å². The van der Waals surface area contributed by atoms with E-state index < -0.39 is 0 Å². The van der Waals surface area contributed by atoms with Crippen molar-refractivity contribution in [3.63, 3.8) is 0 Å². The molecule has 3 rings (SSSR count). The third kappa shape index (κ3) is 2.77. The van der Waals surface area contributed by atoms with Gasteiger partial charge in [0.2, 0.25) is 0 Å². The minimum atomic E-state index is -0.312. The number of nitrogens with zero attached hydrogens (tertiary/aromatic N) is 2. The third-order valence-corrected chi connectivity index (χ3v) is 3.91. The van der Waals surface area contributed by atoms with Gasteiger partial charge < -0.3 is 9.84 Å². The third-order valence-electron chi connectivity index (χ3n) is 3.91. The van der Waals surface area contributed by atoms with Crippen molar-refractivity contribution in [2.45, 2.75) is 6.42 Å². The van der Waals surface area contributed by atoms with Gasteiger partial charge in [-0.05, 0) is 24.6 Å². The lowest BCUT2D eigenvalue weighted by Crippen LogP contribution is -2.39. The molecular formula is C15H18N2O4. The van der Waals surface area contributed by atoms with E-state index in [9.17, 15) is 14.7 Å². The number of fused-ring (bicyclic) bond motifs is 1. The van der Waals surface area contributed by atoms with Gasteiger partial charge in [-0.15, -0.1) is 0 Å². The molecule has 2 aliphatic rings. The van der Waals surface area contributed by atoms with Gasteiger partial charge in [-0.2, -0.15) is 0 Å². The van der Waals surface area contributed by atoms with Crippen LogP contribution in [0.15, 0.2) is 18.2 Å². The van der Waals surface area contributed by atoms with Crippen LogP contribution in [0.3, 0.4) is 0 Å². The van der Waals surface area contributed by atoms with Crippen LogP contribution < -0.4 is 0 Å². The molecule has 0 aliphatic carbocycles. The van der Waals surface area contributed by atoms with Crippen LogP contribution in [0.1, 0.15) is 27.1 Å². The number of ether oxygens (including phenoxy) is 1. The number of imide groups is 1. The van der Waals surface area contributed by atoms with E-state index in [4.69, 9.17) is 4.74 Å². The van der Waals surface area contributed by atoms with E-state index in [1.54, 1.807) is 0 Å². The first-order chi connectivity index (χ1) is 10.2. The Morgan fingerprint density at radius 3 is 2.52 bits per heavy atom. The van der Waals surface area contributed by atoms with Crippen LogP contribution in [0.2, 0.25) is 0 Å². The molecule has 1 N–H and O–H groups in total. The lowest BCUT2D eigenvalue weighted by molar-refractivity contribution is 0.0355. The molecule has 0 bridgehead atoms. The Morgan fingerprint density at radius 2 is 1.76 bits per heavy atom. The van der Waals surface area contributed by atoms with Crippen molar-refractivity contribution in [1.82, 2.24) is 9.80 Å². The molecule has 112 valence electrons. The maximum atomic E-state index is 12.2. The van der Waals surface area contributed by atoms with Crippen LogP contribution in [0.25, 0.3) is 0 Å². The number of rotatable bonds is 4. The Hall–Kier alpha value is -1.92. The number of carbonyl (C=O) groups is 2. The Labute approximate surface area is 122 Å². The van der Waals surface area contributed by atoms with E-state index in [1.807, 2.05) is 0 Å². The highest BCUT2D eigenvalue weighted by molar-refractivity contribution is 6.21. The van der Waals surface area contributed by atoms with Crippen molar-refractivity contribution in [2.75, 3.05) is 39.4 Å². The zero-order chi connectivity index (χ0) is 14.8. The minimum Gasteiger partial charge on any atom is -0.508 e. The van der Waals surface area contributed by atoms with Gasteiger partial charge in [0.1, 0.15) is 5.75 Å². The van der Waals surface area contributed by atoms with Crippen LogP contribution in [0, 0.1) is 0 Å². The Bertz CT molecular complexity index is 567. The average molecular weight is 290 g/mol. The van der Waals surface area contributed by atoms with Gasteiger partial charge in [-0.3, -0.25) is 19.4 Å². The Morgan fingerprint density at radius 1 is 1.05 bits per heavy atom. The second-order valence-electron chi connectivity index (χ2n) is 5.30. The molecule has 0 aromatic heterocycles. The van der Waals surface area contributed by atoms with Crippen molar-refractivity contribution >= 4 is 11.8 Å². The molecular weight excluding hydrogens is 272 g/mol. The van der Waals surface area contributed by atoms with E-state index in [2.05, 4.69) is 4.90 Å². The van der Waals surface area contributed by atoms with Gasteiger partial charge in [0, 0.05) is 26.2 Å². The summed E-state index contributed by atoms with van der Waals surface area (Å²) in [5.74, 6) is -0.574. The molecule has 2 heterocycles. The van der Waals surface area contributed by atoms with Gasteiger partial charge in [0.15, 0.2) is 0 Å². The number of benzene rings is 1. The highest BCUT2D eigenvalue weighted by Crippen LogP contribution is 2.26. The van der Waals surface area contributed by atoms with E-state index >= 15 is 0 Å². The first kappa shape index (κ1) is 14.0. The van der Waals surface area contributed by atoms with Crippen molar-refractivity contribution < 1.29 is 19.4 Å². The molecule has 1 saturated heterocycles. The van der Waals surface area contributed by atoms with Crippen LogP contribution in [0.4, 0.5) is 0 Å². The zero-order valence-electron chi connectivity index (χ0n) is 11.7. The summed E-state index contributed by atoms with van der Waals surface area (Å²) < 4.78 is 5.28. The minimum absolute atomic E-state index is 0.00469. The number of aromatic hydroxyl groups is 1. The van der Waals surface area contributed by atoms with Crippen LogP contribution in [-0.4, -0.2) is 66.1 Å². The predicted molar refractivity (Wildman–Crippen MR) is 75.3 cm³/mol. The van der Waals surface area contributed by atoms with Gasteiger partial charge in [0.25, 0.3) is 11.8 Å². The second kappa shape index (κ2) is 5.83. The molecule has 6 nitrogen and oxygen atoms in total. The molecule has 2 amide bonds. The standard InChI is InChI=1S/C15H18N2O4/c18-11-2-3-12-13(10-11)15(20)17(14(12)19)5-1-4-16-6-8-21-9-7-16/h2-3,10,18H,1,4-9H2. The molecule has 0 unspecified atom stereocenters. The number of hydrogen-bond acceptors (Lipinski definition) is 5. The summed E-state index contributed by atoms with van der Waals surface area (Å²) in [6.45, 7) is 4.54. The smallest absolute Gasteiger partial charge is 0.261 e. The number of morpholine rings is 1. The summed E-state index contributed by atoms with van der Waals surface area (Å²) in [6.07, 6.45) is 0.747. The monoisotopic (exact) mass is 290 g/mol. The number of amides is 2. The average Bonchev–Trinajstić information content (AvgIpc) is 2.73. The molecule has 2 aliphatic heterocycles. The van der Waals surface area contributed by atoms with Gasteiger partial charge in [-0.25, -0.2) is 0 Å². The van der Waals surface area contributed by atoms with Gasteiger partial charge in [-0.1, -0.05) is 0 Å². The number of phenolic OH excluding ortho intramolecular Hbond substituents is 1. The number of carbonyl (C=O) groups excluding carboxylic acids is 2. The molecule has 6 heteroatoms. The predicted octanol–water partition coefficient (Wildman–Crippen LogP) is 0.711. The summed E-state index contributed by atoms with van der Waals surface area (Å²) in [7, 11) is 0. The Kier molecular flexibility index (Phi) is 3.90. The number of phenols is 1. The van der Waals surface area contributed by atoms with Crippen LogP contribution >= 0.6 is 0 Å². The number of hydrogen-bond donors (Lipinski definition) is 1. The lowest BCUT2D eigenvalue weighted by Gasteiger charge is -2.27. The molecule has 0 radical (unpaired) electrons. The van der Waals surface area contributed by atoms with Crippen molar-refractivity contribution in [3.8, 4) is 5.75 Å². The highest BCUT2D eigenvalue weighted by atomic mass is 16.5. The summed E-state index contributed by atoms with van der Waals surface area (Å²) >= 11 is 0. The highest BCUT2D eigenvalue weighted by Gasteiger charge is 2.35. The van der Waals surface area contributed by atoms with Gasteiger partial charge in [0.05, 0.1) is 24.3 Å². The van der Waals surface area contributed by atoms with E-state index in [-0.39, 0.29) is 17.6 Å². The quantitative estimate of drug-likeness (QED) is 0.827. The normalized spacial score (nSPS) is 19.1. The van der Waals surface area contributed by atoms with Crippen molar-refractivity contribution in [3.05, 3.63) is 29.3 Å². The second-order valence-corrected chi connectivity index (χ2v) is 5.30. The van der Waals surface area contributed by atoms with Crippen molar-refractivity contribution in [2.24, 2.45) is 0 Å². The molecule has 0 atom stereocenters. The largest absolute Gasteiger partial charge is 0.508 e. The van der Waals surface area contributed by atoms with Crippen LogP contribution in [-0.2, 0) is 4.74 Å². The first-order valence-corrected chi connectivity index (χ1v) is 7.16. The molecule has 0 saturated carbocycles. The fourth-order valence-corrected chi connectivity index (χ4v) is 2.76. The van der Waals surface area contributed by atoms with Crippen molar-refractivity contribution in [1.29, 1.82) is 0 Å². The maximum absolute atomic E-state index is 12.2. The molecule has 21 heavy (non-hydrogen) atoms. The molecule has 0 spiro atoms. The summed E-state index contributed by atoms with van der Waals surface area (Å²) in [5.41, 5.74) is 0.676. The molecule has 1 aromatic rings. The lowest BCUT2D eigenvalue weighted by atomic mass is 10.1. The zero-order valence-corrected chi connectivity index (χ0v) is 11.7. The summed E-state index contributed by atoms with van der Waals surface area (Å²) in [6, 6.07) is 4.30. The van der Waals surface area contributed by atoms with E-state index in [0.717, 1.165) is 39.3 Å². The van der Waals surface area contributed by atoms with Gasteiger partial charge >= 0.3 is 0 Å². The Balaban J connectivity index is 1.59. The summed E-state index contributed by atoms with van der Waals surface area (Å²) in [5, 5.41) is 9.43. The van der Waals surface area contributed by atoms with E-state index in [0.29, 0.717) is 17.7 Å². The summed E-state index contributed by atoms with van der Waals surface area (Å²) in [4.78, 5) is 27.9. The molecule has 1 aromatic carbocycles. The first-order valence-electron chi connectivity index (χ1n) is 7.16. The fraction of sp³-hybridized carbons (Fsp3) is 0.467. The fourth-order valence-electron chi connectivity index (χ4n) is 2.76. The molecule has 1 fully saturated rings. The maximum Gasteiger partial charge on any atom is 0.261 e.